The molecule has 0 unspecified atom stereocenters. The minimum Gasteiger partial charge on any atom is -0.368 e. The Bertz CT molecular complexity index is 1180. The van der Waals surface area contributed by atoms with Gasteiger partial charge in [0, 0.05) is 30.3 Å². The van der Waals surface area contributed by atoms with Gasteiger partial charge in [0.25, 0.3) is 0 Å². The van der Waals surface area contributed by atoms with Crippen LogP contribution >= 0.6 is 0 Å². The van der Waals surface area contributed by atoms with Gasteiger partial charge in [-0.25, -0.2) is 9.50 Å². The van der Waals surface area contributed by atoms with Crippen LogP contribution in [-0.4, -0.2) is 44.0 Å². The van der Waals surface area contributed by atoms with Gasteiger partial charge < -0.3 is 21.3 Å². The maximum Gasteiger partial charge on any atom is 0.247 e. The molecule has 10 heteroatoms. The fourth-order valence-electron chi connectivity index (χ4n) is 4.18. The van der Waals surface area contributed by atoms with E-state index >= 15 is 0 Å². The Morgan fingerprint density at radius 1 is 1.37 bits per heavy atom. The van der Waals surface area contributed by atoms with E-state index in [0.29, 0.717) is 30.4 Å². The second kappa shape index (κ2) is 6.41. The molecule has 2 amide bonds. The normalized spacial score (nSPS) is 19.7. The van der Waals surface area contributed by atoms with Crippen LogP contribution in [0.4, 0.5) is 23.1 Å². The highest BCUT2D eigenvalue weighted by Gasteiger charge is 2.38. The first-order valence-electron chi connectivity index (χ1n) is 9.85. The fraction of sp³-hybridized carbons (Fsp3) is 0.350. The predicted molar refractivity (Wildman–Crippen MR) is 112 cm³/mol. The summed E-state index contributed by atoms with van der Waals surface area (Å²) in [5.74, 6) is 0.591. The molecular formula is C20H22N8O2. The highest BCUT2D eigenvalue weighted by atomic mass is 16.2. The minimum atomic E-state index is -0.553. The molecule has 3 aromatic rings. The van der Waals surface area contributed by atoms with Crippen LogP contribution in [0, 0.1) is 0 Å². The second-order valence-corrected chi connectivity index (χ2v) is 8.17. The van der Waals surface area contributed by atoms with Gasteiger partial charge in [0.2, 0.25) is 17.8 Å². The molecule has 2 aliphatic rings. The van der Waals surface area contributed by atoms with Crippen molar-refractivity contribution in [1.29, 1.82) is 0 Å². The van der Waals surface area contributed by atoms with Gasteiger partial charge in [0.1, 0.15) is 6.04 Å². The number of amides is 2. The number of primary amides is 1. The number of aromatic nitrogens is 4. The van der Waals surface area contributed by atoms with Crippen LogP contribution in [0.25, 0.3) is 5.65 Å². The number of rotatable bonds is 4. The molecule has 10 nitrogen and oxygen atoms in total. The van der Waals surface area contributed by atoms with Crippen LogP contribution in [0.3, 0.4) is 0 Å². The zero-order valence-corrected chi connectivity index (χ0v) is 16.7. The number of nitrogens with zero attached hydrogens (tertiary/aromatic N) is 5. The van der Waals surface area contributed by atoms with E-state index in [4.69, 9.17) is 5.73 Å². The van der Waals surface area contributed by atoms with Crippen LogP contribution in [-0.2, 0) is 15.0 Å². The van der Waals surface area contributed by atoms with Crippen LogP contribution in [0.1, 0.15) is 32.3 Å². The lowest BCUT2D eigenvalue weighted by Crippen LogP contribution is -2.41. The van der Waals surface area contributed by atoms with Gasteiger partial charge in [0.05, 0.1) is 5.41 Å². The summed E-state index contributed by atoms with van der Waals surface area (Å²) in [6, 6.07) is 5.31. The third-order valence-electron chi connectivity index (χ3n) is 5.85. The van der Waals surface area contributed by atoms with Crippen molar-refractivity contribution in [3.8, 4) is 0 Å². The van der Waals surface area contributed by atoms with Gasteiger partial charge in [-0.15, -0.1) is 5.10 Å². The number of nitrogens with two attached hydrogens (primary N) is 1. The molecule has 0 saturated carbocycles. The smallest absolute Gasteiger partial charge is 0.247 e. The Morgan fingerprint density at radius 2 is 2.20 bits per heavy atom. The van der Waals surface area contributed by atoms with Gasteiger partial charge in [0.15, 0.2) is 11.5 Å². The van der Waals surface area contributed by atoms with Crippen LogP contribution in [0.15, 0.2) is 30.6 Å². The number of fused-ring (bicyclic) bond motifs is 2. The molecule has 0 bridgehead atoms. The number of hydrogen-bond acceptors (Lipinski definition) is 7. The SMILES string of the molecule is CC1(C)C(=O)Nc2cc(Nc3nc4c(N5CCC[C@@H]5C(N)=O)nccn4n3)ccc21. The standard InChI is InChI=1S/C20H22N8O2/c1-20(2)12-6-5-11(10-13(12)24-18(20)30)23-19-25-17-16(22-7-9-28(17)26-19)27-8-3-4-14(27)15(21)29/h5-7,9-10,14H,3-4,8H2,1-2H3,(H2,21,29)(H,23,26)(H,24,30)/t14-/m1/s1. The number of hydrogen-bond donors (Lipinski definition) is 3. The lowest BCUT2D eigenvalue weighted by molar-refractivity contribution is -0.120. The highest BCUT2D eigenvalue weighted by Crippen LogP contribution is 2.39. The summed E-state index contributed by atoms with van der Waals surface area (Å²) in [6.45, 7) is 4.49. The Morgan fingerprint density at radius 3 is 3.00 bits per heavy atom. The fourth-order valence-corrected chi connectivity index (χ4v) is 4.18. The van der Waals surface area contributed by atoms with Gasteiger partial charge in [-0.3, -0.25) is 9.59 Å². The Balaban J connectivity index is 1.47. The van der Waals surface area contributed by atoms with E-state index in [1.54, 1.807) is 16.9 Å². The first kappa shape index (κ1) is 18.3. The molecular weight excluding hydrogens is 384 g/mol. The molecule has 1 fully saturated rings. The van der Waals surface area contributed by atoms with E-state index in [1.807, 2.05) is 36.9 Å². The molecule has 1 aromatic carbocycles. The summed E-state index contributed by atoms with van der Waals surface area (Å²) in [5, 5.41) is 10.6. The Kier molecular flexibility index (Phi) is 3.92. The number of carbonyl (C=O) groups excluding carboxylic acids is 2. The highest BCUT2D eigenvalue weighted by molar-refractivity contribution is 6.06. The number of nitrogens with one attached hydrogen (secondary N) is 2. The third kappa shape index (κ3) is 2.75. The van der Waals surface area contributed by atoms with Crippen molar-refractivity contribution >= 4 is 40.6 Å². The number of anilines is 4. The minimum absolute atomic E-state index is 0.0224. The van der Waals surface area contributed by atoms with E-state index in [2.05, 4.69) is 25.7 Å². The van der Waals surface area contributed by atoms with E-state index in [-0.39, 0.29) is 17.9 Å². The maximum atomic E-state index is 12.2. The molecule has 0 spiro atoms. The molecule has 4 heterocycles. The third-order valence-corrected chi connectivity index (χ3v) is 5.85. The summed E-state index contributed by atoms with van der Waals surface area (Å²) in [6.07, 6.45) is 4.91. The number of benzene rings is 1. The average Bonchev–Trinajstić information content (AvgIpc) is 3.38. The second-order valence-electron chi connectivity index (χ2n) is 8.17. The topological polar surface area (TPSA) is 131 Å². The number of carbonyl (C=O) groups is 2. The Hall–Kier alpha value is -3.69. The first-order valence-corrected chi connectivity index (χ1v) is 9.85. The van der Waals surface area contributed by atoms with Gasteiger partial charge in [-0.05, 0) is 44.4 Å². The van der Waals surface area contributed by atoms with E-state index in [1.165, 1.54) is 0 Å². The van der Waals surface area contributed by atoms with E-state index in [0.717, 1.165) is 23.4 Å². The van der Waals surface area contributed by atoms with E-state index in [9.17, 15) is 9.59 Å². The summed E-state index contributed by atoms with van der Waals surface area (Å²) in [5.41, 5.74) is 8.04. The Labute approximate surface area is 172 Å². The quantitative estimate of drug-likeness (QED) is 0.599. The summed E-state index contributed by atoms with van der Waals surface area (Å²) in [4.78, 5) is 34.9. The summed E-state index contributed by atoms with van der Waals surface area (Å²) >= 11 is 0. The first-order chi connectivity index (χ1) is 14.3. The molecule has 0 radical (unpaired) electrons. The van der Waals surface area contributed by atoms with Gasteiger partial charge in [-0.1, -0.05) is 6.07 Å². The molecule has 1 saturated heterocycles. The van der Waals surface area contributed by atoms with Gasteiger partial charge >= 0.3 is 0 Å². The molecule has 154 valence electrons. The predicted octanol–water partition coefficient (Wildman–Crippen LogP) is 1.55. The van der Waals surface area contributed by atoms with Crippen molar-refractivity contribution in [2.45, 2.75) is 38.1 Å². The molecule has 4 N–H and O–H groups in total. The zero-order chi connectivity index (χ0) is 21.0. The molecule has 0 aliphatic carbocycles. The molecule has 2 aromatic heterocycles. The zero-order valence-electron chi connectivity index (χ0n) is 16.7. The van der Waals surface area contributed by atoms with E-state index < -0.39 is 5.41 Å². The summed E-state index contributed by atoms with van der Waals surface area (Å²) in [7, 11) is 0. The van der Waals surface area contributed by atoms with Crippen molar-refractivity contribution in [2.24, 2.45) is 5.73 Å². The van der Waals surface area contributed by atoms with Crippen LogP contribution in [0.2, 0.25) is 0 Å². The maximum absolute atomic E-state index is 12.2. The molecule has 5 rings (SSSR count). The van der Waals surface area contributed by atoms with Crippen molar-refractivity contribution < 1.29 is 9.59 Å². The lowest BCUT2D eigenvalue weighted by Gasteiger charge is -2.22. The van der Waals surface area contributed by atoms with Crippen molar-refractivity contribution in [2.75, 3.05) is 22.1 Å². The van der Waals surface area contributed by atoms with Crippen molar-refractivity contribution in [1.82, 2.24) is 19.6 Å². The van der Waals surface area contributed by atoms with Crippen molar-refractivity contribution in [3.63, 3.8) is 0 Å². The van der Waals surface area contributed by atoms with Crippen LogP contribution in [0.5, 0.6) is 0 Å². The molecule has 30 heavy (non-hydrogen) atoms. The largest absolute Gasteiger partial charge is 0.368 e. The molecule has 2 aliphatic heterocycles. The monoisotopic (exact) mass is 406 g/mol. The molecule has 1 atom stereocenters. The summed E-state index contributed by atoms with van der Waals surface area (Å²) < 4.78 is 1.62. The van der Waals surface area contributed by atoms with Crippen LogP contribution < -0.4 is 21.3 Å². The van der Waals surface area contributed by atoms with Gasteiger partial charge in [-0.2, -0.15) is 4.98 Å². The average molecular weight is 406 g/mol. The lowest BCUT2D eigenvalue weighted by atomic mass is 9.86. The van der Waals surface area contributed by atoms with Crippen molar-refractivity contribution in [3.05, 3.63) is 36.2 Å².